The molecule has 40 heavy (non-hydrogen) atoms. The van der Waals surface area contributed by atoms with Crippen LogP contribution in [0.2, 0.25) is 10.0 Å². The molecule has 0 bridgehead atoms. The van der Waals surface area contributed by atoms with Crippen LogP contribution in [0.15, 0.2) is 92.9 Å². The number of rotatable bonds is 7. The van der Waals surface area contributed by atoms with Crippen molar-refractivity contribution in [3.8, 4) is 0 Å². The highest BCUT2D eigenvalue weighted by molar-refractivity contribution is 8.00. The van der Waals surface area contributed by atoms with E-state index in [1.54, 1.807) is 36.4 Å². The zero-order valence-corrected chi connectivity index (χ0v) is 23.9. The number of anilines is 1. The first-order chi connectivity index (χ1) is 19.3. The second-order valence-electron chi connectivity index (χ2n) is 9.12. The Morgan fingerprint density at radius 3 is 2.58 bits per heavy atom. The van der Waals surface area contributed by atoms with E-state index in [-0.39, 0.29) is 21.5 Å². The van der Waals surface area contributed by atoms with Crippen LogP contribution in [-0.4, -0.2) is 27.0 Å². The predicted octanol–water partition coefficient (Wildman–Crippen LogP) is 7.97. The van der Waals surface area contributed by atoms with Crippen LogP contribution in [0.5, 0.6) is 0 Å². The molecule has 0 unspecified atom stereocenters. The van der Waals surface area contributed by atoms with Crippen LogP contribution in [0.1, 0.15) is 33.3 Å². The number of para-hydroxylation sites is 1. The Morgan fingerprint density at radius 1 is 1.05 bits per heavy atom. The van der Waals surface area contributed by atoms with Gasteiger partial charge in [0.25, 0.3) is 5.91 Å². The molecule has 0 aliphatic carbocycles. The van der Waals surface area contributed by atoms with Gasteiger partial charge >= 0.3 is 0 Å². The van der Waals surface area contributed by atoms with E-state index < -0.39 is 23.5 Å². The first-order valence-corrected chi connectivity index (χ1v) is 14.6. The normalized spacial score (nSPS) is 15.4. The van der Waals surface area contributed by atoms with Gasteiger partial charge in [-0.3, -0.25) is 14.5 Å². The van der Waals surface area contributed by atoms with Crippen molar-refractivity contribution in [1.82, 2.24) is 10.2 Å². The number of aliphatic hydroxyl groups excluding tert-OH is 1. The predicted molar refractivity (Wildman–Crippen MR) is 158 cm³/mol. The summed E-state index contributed by atoms with van der Waals surface area (Å²) in [5.41, 5.74) is 3.13. The molecule has 0 saturated heterocycles. The number of furan rings is 1. The number of carbonyl (C=O) groups excluding carboxylic acids is 2. The van der Waals surface area contributed by atoms with Crippen molar-refractivity contribution in [3.05, 3.63) is 117 Å². The standard InChI is InChI=1S/C29H19Cl2N3O4S2/c1-15-6-8-16(9-7-15)14-39-29-33-32-28(40-29)34-24(18-10-11-19(30)20(31)12-18)23(26(36)27(34)37)25(35)22-13-17-4-2-3-5-21(17)38-22/h2-13,24,36H,14H2,1H3/t24-/m1/s1. The number of thioether (sulfide) groups is 1. The third kappa shape index (κ3) is 4.90. The second-order valence-corrected chi connectivity index (χ2v) is 12.1. The Bertz CT molecular complexity index is 1780. The number of Topliss-reactive ketones (excluding diaryl/α,β-unsaturated/α-hetero) is 1. The molecule has 1 amide bonds. The topological polar surface area (TPSA) is 96.5 Å². The Balaban J connectivity index is 1.37. The molecule has 0 spiro atoms. The number of nitrogens with zero attached hydrogens (tertiary/aromatic N) is 3. The van der Waals surface area contributed by atoms with E-state index in [4.69, 9.17) is 27.6 Å². The average Bonchev–Trinajstić information content (AvgIpc) is 3.66. The van der Waals surface area contributed by atoms with E-state index in [1.807, 2.05) is 43.3 Å². The fourth-order valence-corrected chi connectivity index (χ4v) is 6.58. The first kappa shape index (κ1) is 26.6. The summed E-state index contributed by atoms with van der Waals surface area (Å²) in [7, 11) is 0. The number of aliphatic hydroxyl groups is 1. The number of aryl methyl sites for hydroxylation is 1. The molecule has 200 valence electrons. The van der Waals surface area contributed by atoms with Crippen LogP contribution in [-0.2, 0) is 10.5 Å². The van der Waals surface area contributed by atoms with Crippen LogP contribution in [0.25, 0.3) is 11.0 Å². The molecule has 7 nitrogen and oxygen atoms in total. The van der Waals surface area contributed by atoms with Crippen LogP contribution in [0.3, 0.4) is 0 Å². The Kier molecular flexibility index (Phi) is 7.14. The van der Waals surface area contributed by atoms with E-state index in [0.29, 0.717) is 26.3 Å². The van der Waals surface area contributed by atoms with E-state index in [9.17, 15) is 14.7 Å². The Hall–Kier alpha value is -3.63. The highest BCUT2D eigenvalue weighted by Crippen LogP contribution is 2.45. The number of halogens is 2. The third-order valence-corrected chi connectivity index (χ3v) is 9.31. The monoisotopic (exact) mass is 607 g/mol. The second kappa shape index (κ2) is 10.7. The lowest BCUT2D eigenvalue weighted by atomic mass is 9.95. The van der Waals surface area contributed by atoms with Gasteiger partial charge in [-0.05, 0) is 42.3 Å². The highest BCUT2D eigenvalue weighted by atomic mass is 35.5. The first-order valence-electron chi connectivity index (χ1n) is 12.1. The molecular weight excluding hydrogens is 589 g/mol. The lowest BCUT2D eigenvalue weighted by Gasteiger charge is -2.24. The maximum atomic E-state index is 13.8. The smallest absolute Gasteiger partial charge is 0.296 e. The van der Waals surface area contributed by atoms with Crippen LogP contribution in [0.4, 0.5) is 5.13 Å². The number of amides is 1. The quantitative estimate of drug-likeness (QED) is 0.114. The van der Waals surface area contributed by atoms with E-state index in [0.717, 1.165) is 10.9 Å². The van der Waals surface area contributed by atoms with E-state index in [2.05, 4.69) is 10.2 Å². The Morgan fingerprint density at radius 2 is 1.82 bits per heavy atom. The van der Waals surface area contributed by atoms with Gasteiger partial charge in [-0.15, -0.1) is 10.2 Å². The SMILES string of the molecule is Cc1ccc(CSc2nnc(N3C(=O)C(O)=C(C(=O)c4cc5ccccc5o4)[C@H]3c3ccc(Cl)c(Cl)c3)s2)cc1. The van der Waals surface area contributed by atoms with Gasteiger partial charge in [0.05, 0.1) is 21.7 Å². The average molecular weight is 609 g/mol. The molecule has 1 N–H and O–H groups in total. The maximum Gasteiger partial charge on any atom is 0.296 e. The zero-order chi connectivity index (χ0) is 28.0. The summed E-state index contributed by atoms with van der Waals surface area (Å²) in [6, 6.07) is 20.7. The van der Waals surface area contributed by atoms with Crippen molar-refractivity contribution in [3.63, 3.8) is 0 Å². The van der Waals surface area contributed by atoms with E-state index >= 15 is 0 Å². The molecule has 5 aromatic rings. The zero-order valence-electron chi connectivity index (χ0n) is 20.8. The van der Waals surface area contributed by atoms with Gasteiger partial charge in [-0.25, -0.2) is 0 Å². The molecule has 2 aromatic heterocycles. The number of carbonyl (C=O) groups is 2. The van der Waals surface area contributed by atoms with Crippen LogP contribution in [0, 0.1) is 6.92 Å². The van der Waals surface area contributed by atoms with Crippen LogP contribution >= 0.6 is 46.3 Å². The van der Waals surface area contributed by atoms with Gasteiger partial charge in [0.2, 0.25) is 10.9 Å². The van der Waals surface area contributed by atoms with Crippen molar-refractivity contribution in [2.75, 3.05) is 4.90 Å². The minimum Gasteiger partial charge on any atom is -0.503 e. The number of hydrogen-bond acceptors (Lipinski definition) is 8. The Labute approximate surface area is 247 Å². The van der Waals surface area contributed by atoms with E-state index in [1.165, 1.54) is 33.6 Å². The summed E-state index contributed by atoms with van der Waals surface area (Å²) in [6.45, 7) is 2.03. The fraction of sp³-hybridized carbons (Fsp3) is 0.103. The number of ketones is 1. The summed E-state index contributed by atoms with van der Waals surface area (Å²) in [4.78, 5) is 28.5. The van der Waals surface area contributed by atoms with Crippen molar-refractivity contribution >= 4 is 74.1 Å². The maximum absolute atomic E-state index is 13.8. The molecule has 0 saturated carbocycles. The molecule has 0 radical (unpaired) electrons. The summed E-state index contributed by atoms with van der Waals surface area (Å²) in [6.07, 6.45) is 0. The van der Waals surface area contributed by atoms with Gasteiger partial charge in [0, 0.05) is 11.1 Å². The third-order valence-electron chi connectivity index (χ3n) is 6.45. The van der Waals surface area contributed by atoms with Gasteiger partial charge in [-0.2, -0.15) is 0 Å². The van der Waals surface area contributed by atoms with Crippen molar-refractivity contribution < 1.29 is 19.1 Å². The lowest BCUT2D eigenvalue weighted by Crippen LogP contribution is -2.31. The fourth-order valence-electron chi connectivity index (χ4n) is 4.45. The lowest BCUT2D eigenvalue weighted by molar-refractivity contribution is -0.117. The van der Waals surface area contributed by atoms with Crippen LogP contribution < -0.4 is 4.90 Å². The molecule has 1 atom stereocenters. The molecule has 3 heterocycles. The largest absolute Gasteiger partial charge is 0.503 e. The summed E-state index contributed by atoms with van der Waals surface area (Å²) in [5, 5.41) is 21.0. The minimum atomic E-state index is -1.04. The summed E-state index contributed by atoms with van der Waals surface area (Å²) < 4.78 is 6.41. The van der Waals surface area contributed by atoms with Gasteiger partial charge in [0.15, 0.2) is 15.9 Å². The van der Waals surface area contributed by atoms with Gasteiger partial charge in [-0.1, -0.05) is 100 Å². The summed E-state index contributed by atoms with van der Waals surface area (Å²) in [5.74, 6) is -1.43. The molecule has 3 aromatic carbocycles. The van der Waals surface area contributed by atoms with Crippen molar-refractivity contribution in [2.24, 2.45) is 0 Å². The number of aromatic nitrogens is 2. The molecule has 6 rings (SSSR count). The number of hydrogen-bond donors (Lipinski definition) is 1. The number of fused-ring (bicyclic) bond motifs is 1. The minimum absolute atomic E-state index is 0.00549. The molecule has 1 aliphatic rings. The van der Waals surface area contributed by atoms with Gasteiger partial charge < -0.3 is 9.52 Å². The molecule has 11 heteroatoms. The molecule has 0 fully saturated rings. The van der Waals surface area contributed by atoms with Crippen molar-refractivity contribution in [2.45, 2.75) is 23.1 Å². The van der Waals surface area contributed by atoms with Crippen molar-refractivity contribution in [1.29, 1.82) is 0 Å². The number of benzene rings is 3. The molecule has 1 aliphatic heterocycles. The molecular formula is C29H19Cl2N3O4S2. The highest BCUT2D eigenvalue weighted by Gasteiger charge is 2.47. The summed E-state index contributed by atoms with van der Waals surface area (Å²) >= 11 is 15.2. The van der Waals surface area contributed by atoms with Gasteiger partial charge in [0.1, 0.15) is 5.58 Å².